The van der Waals surface area contributed by atoms with Crippen LogP contribution in [-0.4, -0.2) is 4.98 Å². The number of rotatable bonds is 2. The summed E-state index contributed by atoms with van der Waals surface area (Å²) in [6.07, 6.45) is 0. The zero-order chi connectivity index (χ0) is 13.4. The molecule has 1 atom stereocenters. The number of aromatic nitrogens is 1. The second kappa shape index (κ2) is 4.71. The second-order valence-electron chi connectivity index (χ2n) is 4.76. The van der Waals surface area contributed by atoms with Crippen molar-refractivity contribution in [2.24, 2.45) is 0 Å². The molecule has 0 saturated carbocycles. The Morgan fingerprint density at radius 2 is 1.84 bits per heavy atom. The van der Waals surface area contributed by atoms with Crippen molar-refractivity contribution in [2.45, 2.75) is 19.2 Å². The van der Waals surface area contributed by atoms with E-state index in [0.717, 1.165) is 22.2 Å². The van der Waals surface area contributed by atoms with Gasteiger partial charge in [0.2, 0.25) is 5.89 Å². The van der Waals surface area contributed by atoms with Crippen LogP contribution in [0.25, 0.3) is 11.1 Å². The van der Waals surface area contributed by atoms with Gasteiger partial charge in [-0.05, 0) is 36.6 Å². The Labute approximate surface area is 117 Å². The normalized spacial score (nSPS) is 12.8. The summed E-state index contributed by atoms with van der Waals surface area (Å²) in [5.74, 6) is 0.552. The van der Waals surface area contributed by atoms with Crippen LogP contribution >= 0.6 is 11.6 Å². The van der Waals surface area contributed by atoms with E-state index in [1.165, 1.54) is 5.56 Å². The molecule has 3 heteroatoms. The van der Waals surface area contributed by atoms with Gasteiger partial charge in [0, 0.05) is 0 Å². The van der Waals surface area contributed by atoms with E-state index in [1.807, 2.05) is 43.3 Å². The van der Waals surface area contributed by atoms with Crippen molar-refractivity contribution in [3.63, 3.8) is 0 Å². The highest BCUT2D eigenvalue weighted by molar-refractivity contribution is 6.22. The zero-order valence-electron chi connectivity index (χ0n) is 10.9. The third-order valence-electron chi connectivity index (χ3n) is 3.15. The van der Waals surface area contributed by atoms with Gasteiger partial charge >= 0.3 is 0 Å². The van der Waals surface area contributed by atoms with E-state index in [1.54, 1.807) is 0 Å². The summed E-state index contributed by atoms with van der Waals surface area (Å²) in [7, 11) is 0. The lowest BCUT2D eigenvalue weighted by Gasteiger charge is -2.04. The predicted octanol–water partition coefficient (Wildman–Crippen LogP) is 4.77. The molecular weight excluding hydrogens is 258 g/mol. The number of halogens is 1. The first kappa shape index (κ1) is 12.2. The summed E-state index contributed by atoms with van der Waals surface area (Å²) in [6.45, 7) is 4.08. The molecule has 3 rings (SSSR count). The molecule has 0 aliphatic rings. The molecule has 1 heterocycles. The molecule has 1 unspecified atom stereocenters. The number of hydrogen-bond acceptors (Lipinski definition) is 2. The summed E-state index contributed by atoms with van der Waals surface area (Å²) in [4.78, 5) is 4.51. The minimum atomic E-state index is -0.353. The molecule has 96 valence electrons. The first-order chi connectivity index (χ1) is 9.15. The molecule has 0 radical (unpaired) electrons. The van der Waals surface area contributed by atoms with E-state index in [2.05, 4.69) is 18.0 Å². The maximum atomic E-state index is 6.44. The van der Waals surface area contributed by atoms with Crippen LogP contribution in [0.15, 0.2) is 46.9 Å². The van der Waals surface area contributed by atoms with Crippen LogP contribution in [0.1, 0.15) is 28.0 Å². The molecule has 19 heavy (non-hydrogen) atoms. The Morgan fingerprint density at radius 3 is 2.58 bits per heavy atom. The van der Waals surface area contributed by atoms with Crippen LogP contribution in [0.3, 0.4) is 0 Å². The molecule has 2 nitrogen and oxygen atoms in total. The standard InChI is InChI=1S/C16H14ClNO/c1-10-8-11(2)15-13(9-10)18-16(19-15)14(17)12-6-4-3-5-7-12/h3-9,14H,1-2H3. The van der Waals surface area contributed by atoms with Crippen molar-refractivity contribution in [3.8, 4) is 0 Å². The number of alkyl halides is 1. The summed E-state index contributed by atoms with van der Waals surface area (Å²) >= 11 is 6.44. The SMILES string of the molecule is Cc1cc(C)c2oc(C(Cl)c3ccccc3)nc2c1. The van der Waals surface area contributed by atoms with Crippen molar-refractivity contribution < 1.29 is 4.42 Å². The van der Waals surface area contributed by atoms with Crippen molar-refractivity contribution in [1.29, 1.82) is 0 Å². The van der Waals surface area contributed by atoms with Gasteiger partial charge in [0.1, 0.15) is 10.9 Å². The number of aryl methyl sites for hydroxylation is 2. The van der Waals surface area contributed by atoms with Gasteiger partial charge in [-0.25, -0.2) is 4.98 Å². The molecule has 0 fully saturated rings. The van der Waals surface area contributed by atoms with E-state index < -0.39 is 0 Å². The first-order valence-electron chi connectivity index (χ1n) is 6.22. The summed E-state index contributed by atoms with van der Waals surface area (Å²) < 4.78 is 5.83. The lowest BCUT2D eigenvalue weighted by molar-refractivity contribution is 0.536. The Morgan fingerprint density at radius 1 is 1.11 bits per heavy atom. The average molecular weight is 272 g/mol. The Hall–Kier alpha value is -1.80. The third kappa shape index (κ3) is 2.24. The zero-order valence-corrected chi connectivity index (χ0v) is 11.6. The number of fused-ring (bicyclic) bond motifs is 1. The monoisotopic (exact) mass is 271 g/mol. The fraction of sp³-hybridized carbons (Fsp3) is 0.188. The number of oxazole rings is 1. The summed E-state index contributed by atoms with van der Waals surface area (Å²) in [5.41, 5.74) is 4.95. The molecule has 1 aromatic heterocycles. The van der Waals surface area contributed by atoms with Crippen molar-refractivity contribution >= 4 is 22.7 Å². The lowest BCUT2D eigenvalue weighted by atomic mass is 10.1. The van der Waals surface area contributed by atoms with E-state index in [9.17, 15) is 0 Å². The maximum Gasteiger partial charge on any atom is 0.218 e. The van der Waals surface area contributed by atoms with E-state index >= 15 is 0 Å². The van der Waals surface area contributed by atoms with Crippen LogP contribution in [0, 0.1) is 13.8 Å². The Kier molecular flexibility index (Phi) is 3.03. The van der Waals surface area contributed by atoms with Gasteiger partial charge in [-0.2, -0.15) is 0 Å². The highest BCUT2D eigenvalue weighted by Crippen LogP contribution is 2.31. The smallest absolute Gasteiger partial charge is 0.218 e. The fourth-order valence-corrected chi connectivity index (χ4v) is 2.51. The number of hydrogen-bond donors (Lipinski definition) is 0. The quantitative estimate of drug-likeness (QED) is 0.627. The largest absolute Gasteiger partial charge is 0.438 e. The molecule has 0 amide bonds. The van der Waals surface area contributed by atoms with Gasteiger partial charge in [-0.3, -0.25) is 0 Å². The van der Waals surface area contributed by atoms with Crippen molar-refractivity contribution in [1.82, 2.24) is 4.98 Å². The second-order valence-corrected chi connectivity index (χ2v) is 5.19. The molecule has 2 aromatic carbocycles. The van der Waals surface area contributed by atoms with Crippen molar-refractivity contribution in [2.75, 3.05) is 0 Å². The van der Waals surface area contributed by atoms with Gasteiger partial charge in [0.25, 0.3) is 0 Å². The molecule has 0 spiro atoms. The van der Waals surface area contributed by atoms with E-state index in [-0.39, 0.29) is 5.38 Å². The number of benzene rings is 2. The van der Waals surface area contributed by atoms with Gasteiger partial charge in [0.05, 0.1) is 0 Å². The van der Waals surface area contributed by atoms with E-state index in [0.29, 0.717) is 5.89 Å². The van der Waals surface area contributed by atoms with Gasteiger partial charge in [0.15, 0.2) is 5.58 Å². The molecule has 0 aliphatic carbocycles. The van der Waals surface area contributed by atoms with Crippen LogP contribution in [-0.2, 0) is 0 Å². The highest BCUT2D eigenvalue weighted by Gasteiger charge is 2.18. The van der Waals surface area contributed by atoms with Crippen LogP contribution in [0.4, 0.5) is 0 Å². The van der Waals surface area contributed by atoms with Gasteiger partial charge in [-0.1, -0.05) is 36.4 Å². The molecule has 0 N–H and O–H groups in total. The lowest BCUT2D eigenvalue weighted by Crippen LogP contribution is -1.92. The van der Waals surface area contributed by atoms with Crippen LogP contribution in [0.5, 0.6) is 0 Å². The van der Waals surface area contributed by atoms with E-state index in [4.69, 9.17) is 16.0 Å². The van der Waals surface area contributed by atoms with Crippen LogP contribution in [0.2, 0.25) is 0 Å². The summed E-state index contributed by atoms with van der Waals surface area (Å²) in [5, 5.41) is -0.353. The minimum Gasteiger partial charge on any atom is -0.438 e. The summed E-state index contributed by atoms with van der Waals surface area (Å²) in [6, 6.07) is 13.9. The fourth-order valence-electron chi connectivity index (χ4n) is 2.27. The molecule has 0 saturated heterocycles. The maximum absolute atomic E-state index is 6.44. The topological polar surface area (TPSA) is 26.0 Å². The highest BCUT2D eigenvalue weighted by atomic mass is 35.5. The molecular formula is C16H14ClNO. The molecule has 0 aliphatic heterocycles. The predicted molar refractivity (Wildman–Crippen MR) is 77.6 cm³/mol. The molecule has 3 aromatic rings. The Bertz CT molecular complexity index is 718. The minimum absolute atomic E-state index is 0.353. The number of nitrogens with zero attached hydrogens (tertiary/aromatic N) is 1. The van der Waals surface area contributed by atoms with Crippen molar-refractivity contribution in [3.05, 3.63) is 65.0 Å². The average Bonchev–Trinajstić information content (AvgIpc) is 2.83. The van der Waals surface area contributed by atoms with Crippen LogP contribution < -0.4 is 0 Å². The van der Waals surface area contributed by atoms with Gasteiger partial charge < -0.3 is 4.42 Å². The Balaban J connectivity index is 2.09. The first-order valence-corrected chi connectivity index (χ1v) is 6.65. The molecule has 0 bridgehead atoms. The van der Waals surface area contributed by atoms with Gasteiger partial charge in [-0.15, -0.1) is 11.6 Å². The third-order valence-corrected chi connectivity index (χ3v) is 3.58.